The summed E-state index contributed by atoms with van der Waals surface area (Å²) in [6, 6.07) is 23.7. The first-order valence-corrected chi connectivity index (χ1v) is 13.9. The standard InChI is InChI=1S/C36H18F6N4/c37-35(38,39)23-5-1-3-19(11-23)21-7-9-25-27-15-32-28(16-31(27)33(45-17-43)29(25)13-21)26-10-8-22(14-30(26)34(32)46-18-44)20-4-2-6-24(12-20)36(40,41)42/h1-16,33,45H. The van der Waals surface area contributed by atoms with Crippen LogP contribution in [0.25, 0.3) is 44.5 Å². The Kier molecular flexibility index (Phi) is 6.50. The number of nitrogens with one attached hydrogen (secondary N) is 1. The number of aliphatic imine (C=N–C) groups is 1. The number of halogens is 6. The minimum absolute atomic E-state index is 0.358. The summed E-state index contributed by atoms with van der Waals surface area (Å²) in [5, 5.41) is 22.1. The summed E-state index contributed by atoms with van der Waals surface area (Å²) in [6.07, 6.45) is -5.17. The SMILES string of the molecule is N#CN=C1c2cc(-c3cccc(C(F)(F)F)c3)ccc2-c2cc3c(cc21)-c1ccc(-c2cccc(C(F)(F)F)c2)cc1C3NC#N. The van der Waals surface area contributed by atoms with E-state index in [-0.39, 0.29) is 0 Å². The van der Waals surface area contributed by atoms with Gasteiger partial charge >= 0.3 is 12.4 Å². The third-order valence-electron chi connectivity index (χ3n) is 8.39. The predicted octanol–water partition coefficient (Wildman–Crippen LogP) is 9.50. The first-order chi connectivity index (χ1) is 22.0. The highest BCUT2D eigenvalue weighted by molar-refractivity contribution is 6.26. The van der Waals surface area contributed by atoms with E-state index in [9.17, 15) is 36.9 Å². The number of hydrogen-bond acceptors (Lipinski definition) is 4. The number of rotatable bonds is 3. The molecule has 0 spiro atoms. The molecule has 0 saturated heterocycles. The van der Waals surface area contributed by atoms with Gasteiger partial charge in [-0.05, 0) is 104 Å². The number of benzene rings is 5. The topological polar surface area (TPSA) is 72.0 Å². The van der Waals surface area contributed by atoms with E-state index in [0.29, 0.717) is 44.7 Å². The second kappa shape index (κ2) is 10.4. The van der Waals surface area contributed by atoms with Crippen LogP contribution in [0.15, 0.2) is 102 Å². The van der Waals surface area contributed by atoms with E-state index in [4.69, 9.17) is 0 Å². The second-order valence-corrected chi connectivity index (χ2v) is 11.0. The van der Waals surface area contributed by atoms with Crippen molar-refractivity contribution < 1.29 is 26.3 Å². The highest BCUT2D eigenvalue weighted by Crippen LogP contribution is 2.50. The van der Waals surface area contributed by atoms with E-state index in [1.165, 1.54) is 12.1 Å². The van der Waals surface area contributed by atoms with Gasteiger partial charge in [-0.15, -0.1) is 0 Å². The fourth-order valence-corrected chi connectivity index (χ4v) is 6.34. The van der Waals surface area contributed by atoms with Crippen molar-refractivity contribution in [1.82, 2.24) is 5.32 Å². The summed E-state index contributed by atoms with van der Waals surface area (Å²) in [4.78, 5) is 4.10. The molecule has 0 bridgehead atoms. The van der Waals surface area contributed by atoms with E-state index in [1.807, 2.05) is 24.5 Å². The number of alkyl halides is 6. The third-order valence-corrected chi connectivity index (χ3v) is 8.39. The van der Waals surface area contributed by atoms with Gasteiger partial charge in [0.1, 0.15) is 0 Å². The largest absolute Gasteiger partial charge is 0.416 e. The Bertz CT molecular complexity index is 2200. The zero-order chi connectivity index (χ0) is 32.4. The first-order valence-electron chi connectivity index (χ1n) is 13.9. The Morgan fingerprint density at radius 3 is 1.67 bits per heavy atom. The summed E-state index contributed by atoms with van der Waals surface area (Å²) >= 11 is 0. The van der Waals surface area contributed by atoms with Crippen LogP contribution in [-0.2, 0) is 12.4 Å². The van der Waals surface area contributed by atoms with Gasteiger partial charge in [-0.1, -0.05) is 48.5 Å². The van der Waals surface area contributed by atoms with Crippen molar-refractivity contribution in [1.29, 1.82) is 10.5 Å². The molecule has 0 fully saturated rings. The van der Waals surface area contributed by atoms with E-state index in [2.05, 4.69) is 10.3 Å². The molecule has 2 aliphatic carbocycles. The average Bonchev–Trinajstić information content (AvgIpc) is 3.50. The lowest BCUT2D eigenvalue weighted by atomic mass is 9.96. The molecule has 46 heavy (non-hydrogen) atoms. The van der Waals surface area contributed by atoms with Gasteiger partial charge in [0.25, 0.3) is 0 Å². The number of nitrogens with zero attached hydrogens (tertiary/aromatic N) is 3. The summed E-state index contributed by atoms with van der Waals surface area (Å²) in [5.74, 6) is 0. The molecule has 0 aliphatic heterocycles. The van der Waals surface area contributed by atoms with Gasteiger partial charge in [0.15, 0.2) is 6.19 Å². The lowest BCUT2D eigenvalue weighted by Gasteiger charge is -2.14. The van der Waals surface area contributed by atoms with E-state index >= 15 is 0 Å². The maximum Gasteiger partial charge on any atom is 0.416 e. The second-order valence-electron chi connectivity index (χ2n) is 11.0. The van der Waals surface area contributed by atoms with Gasteiger partial charge < -0.3 is 5.32 Å². The Morgan fingerprint density at radius 1 is 0.543 bits per heavy atom. The maximum absolute atomic E-state index is 13.4. The van der Waals surface area contributed by atoms with Crippen LogP contribution in [0.1, 0.15) is 39.4 Å². The molecule has 10 heteroatoms. The summed E-state index contributed by atoms with van der Waals surface area (Å²) in [5.41, 5.74) is 6.28. The molecule has 0 saturated carbocycles. The Morgan fingerprint density at radius 2 is 1.09 bits per heavy atom. The lowest BCUT2D eigenvalue weighted by Crippen LogP contribution is -2.14. The van der Waals surface area contributed by atoms with Crippen molar-refractivity contribution >= 4 is 5.71 Å². The maximum atomic E-state index is 13.4. The molecule has 2 aliphatic rings. The number of hydrogen-bond donors (Lipinski definition) is 1. The van der Waals surface area contributed by atoms with Gasteiger partial charge in [0, 0.05) is 11.1 Å². The van der Waals surface area contributed by atoms with Crippen LogP contribution >= 0.6 is 0 Å². The highest BCUT2D eigenvalue weighted by Gasteiger charge is 2.35. The van der Waals surface area contributed by atoms with Crippen molar-refractivity contribution in [2.75, 3.05) is 0 Å². The Labute approximate surface area is 258 Å². The minimum atomic E-state index is -4.50. The zero-order valence-electron chi connectivity index (χ0n) is 23.4. The fourth-order valence-electron chi connectivity index (χ4n) is 6.34. The lowest BCUT2D eigenvalue weighted by molar-refractivity contribution is -0.138. The molecule has 7 rings (SSSR count). The molecular formula is C36H18F6N4. The van der Waals surface area contributed by atoms with Crippen LogP contribution in [0, 0.1) is 22.9 Å². The molecule has 1 atom stereocenters. The molecule has 0 amide bonds. The van der Waals surface area contributed by atoms with Gasteiger partial charge in [0.2, 0.25) is 6.19 Å². The van der Waals surface area contributed by atoms with Gasteiger partial charge in [-0.3, -0.25) is 0 Å². The molecule has 224 valence electrons. The van der Waals surface area contributed by atoms with Gasteiger partial charge in [-0.2, -0.15) is 41.9 Å². The van der Waals surface area contributed by atoms with Crippen LogP contribution in [0.5, 0.6) is 0 Å². The van der Waals surface area contributed by atoms with Gasteiger partial charge in [0.05, 0.1) is 22.9 Å². The van der Waals surface area contributed by atoms with Crippen LogP contribution in [0.3, 0.4) is 0 Å². The van der Waals surface area contributed by atoms with Crippen LogP contribution < -0.4 is 5.32 Å². The molecule has 0 heterocycles. The Balaban J connectivity index is 1.34. The average molecular weight is 621 g/mol. The van der Waals surface area contributed by atoms with Crippen LogP contribution in [0.4, 0.5) is 26.3 Å². The molecule has 4 nitrogen and oxygen atoms in total. The van der Waals surface area contributed by atoms with Gasteiger partial charge in [-0.25, -0.2) is 0 Å². The molecule has 1 N–H and O–H groups in total. The summed E-state index contributed by atoms with van der Waals surface area (Å²) in [7, 11) is 0. The molecule has 1 unspecified atom stereocenters. The van der Waals surface area contributed by atoms with E-state index in [0.717, 1.165) is 52.1 Å². The molecule has 5 aromatic carbocycles. The van der Waals surface area contributed by atoms with Crippen molar-refractivity contribution in [3.8, 4) is 56.9 Å². The third kappa shape index (κ3) is 4.67. The van der Waals surface area contributed by atoms with E-state index in [1.54, 1.807) is 48.5 Å². The first kappa shape index (κ1) is 28.9. The predicted molar refractivity (Wildman–Crippen MR) is 160 cm³/mol. The van der Waals surface area contributed by atoms with Crippen LogP contribution in [-0.4, -0.2) is 5.71 Å². The highest BCUT2D eigenvalue weighted by atomic mass is 19.4. The van der Waals surface area contributed by atoms with Crippen molar-refractivity contribution in [3.63, 3.8) is 0 Å². The zero-order valence-corrected chi connectivity index (χ0v) is 23.4. The quantitative estimate of drug-likeness (QED) is 0.122. The molecular weight excluding hydrogens is 602 g/mol. The fraction of sp³-hybridized carbons (Fsp3) is 0.0833. The van der Waals surface area contributed by atoms with E-state index < -0.39 is 29.5 Å². The molecule has 0 radical (unpaired) electrons. The minimum Gasteiger partial charge on any atom is -0.312 e. The Hall–Kier alpha value is -5.87. The summed E-state index contributed by atoms with van der Waals surface area (Å²) in [6.45, 7) is 0. The number of fused-ring (bicyclic) bond motifs is 6. The smallest absolute Gasteiger partial charge is 0.312 e. The molecule has 0 aromatic heterocycles. The summed E-state index contributed by atoms with van der Waals surface area (Å²) < 4.78 is 80.4. The van der Waals surface area contributed by atoms with Crippen molar-refractivity contribution in [3.05, 3.63) is 130 Å². The normalized spacial score (nSPS) is 15.4. The van der Waals surface area contributed by atoms with Crippen molar-refractivity contribution in [2.45, 2.75) is 18.4 Å². The van der Waals surface area contributed by atoms with Crippen LogP contribution in [0.2, 0.25) is 0 Å². The number of nitriles is 2. The molecule has 5 aromatic rings. The monoisotopic (exact) mass is 620 g/mol. The van der Waals surface area contributed by atoms with Crippen molar-refractivity contribution in [2.24, 2.45) is 4.99 Å².